The van der Waals surface area contributed by atoms with Crippen LogP contribution in [0.3, 0.4) is 0 Å². The summed E-state index contributed by atoms with van der Waals surface area (Å²) in [5.74, 6) is 0.146. The van der Waals surface area contributed by atoms with Crippen LogP contribution >= 0.6 is 0 Å². The summed E-state index contributed by atoms with van der Waals surface area (Å²) in [6.07, 6.45) is 2.82. The van der Waals surface area contributed by atoms with Gasteiger partial charge in [0.1, 0.15) is 17.8 Å². The van der Waals surface area contributed by atoms with Crippen molar-refractivity contribution in [2.75, 3.05) is 0 Å². The third kappa shape index (κ3) is 2.59. The van der Waals surface area contributed by atoms with Crippen LogP contribution in [0.25, 0.3) is 0 Å². The minimum absolute atomic E-state index is 0.0901. The number of halogens is 2. The normalized spacial score (nSPS) is 26.1. The summed E-state index contributed by atoms with van der Waals surface area (Å²) in [5.41, 5.74) is 2.46. The Hall–Kier alpha value is -2.87. The average molecular weight is 383 g/mol. The predicted molar refractivity (Wildman–Crippen MR) is 98.1 cm³/mol. The van der Waals surface area contributed by atoms with E-state index in [4.69, 9.17) is 0 Å². The van der Waals surface area contributed by atoms with E-state index in [2.05, 4.69) is 20.5 Å². The van der Waals surface area contributed by atoms with Crippen LogP contribution in [-0.4, -0.2) is 25.9 Å². The fraction of sp³-hybridized carbons (Fsp3) is 0.350. The molecule has 3 heterocycles. The highest BCUT2D eigenvalue weighted by Crippen LogP contribution is 2.46. The van der Waals surface area contributed by atoms with Crippen molar-refractivity contribution in [3.63, 3.8) is 0 Å². The lowest BCUT2D eigenvalue weighted by atomic mass is 9.75. The molecule has 0 radical (unpaired) electrons. The van der Waals surface area contributed by atoms with Crippen molar-refractivity contribution in [1.29, 1.82) is 0 Å². The van der Waals surface area contributed by atoms with Gasteiger partial charge < -0.3 is 9.88 Å². The van der Waals surface area contributed by atoms with Crippen molar-refractivity contribution >= 4 is 0 Å². The van der Waals surface area contributed by atoms with Crippen molar-refractivity contribution in [3.05, 3.63) is 81.0 Å². The van der Waals surface area contributed by atoms with Gasteiger partial charge in [0.15, 0.2) is 0 Å². The van der Waals surface area contributed by atoms with E-state index < -0.39 is 6.17 Å². The molecular weight excluding hydrogens is 364 g/mol. The van der Waals surface area contributed by atoms with Crippen LogP contribution in [0.2, 0.25) is 0 Å². The highest BCUT2D eigenvalue weighted by molar-refractivity contribution is 5.44. The Labute approximate surface area is 159 Å². The Bertz CT molecular complexity index is 1090. The van der Waals surface area contributed by atoms with Gasteiger partial charge in [0.25, 0.3) is 5.56 Å². The monoisotopic (exact) mass is 383 g/mol. The van der Waals surface area contributed by atoms with Crippen molar-refractivity contribution < 1.29 is 8.78 Å². The molecule has 4 unspecified atom stereocenters. The third-order valence-corrected chi connectivity index (χ3v) is 5.79. The summed E-state index contributed by atoms with van der Waals surface area (Å²) in [6.45, 7) is 0. The van der Waals surface area contributed by atoms with Gasteiger partial charge >= 0.3 is 0 Å². The van der Waals surface area contributed by atoms with E-state index in [1.165, 1.54) is 12.1 Å². The lowest BCUT2D eigenvalue weighted by Crippen LogP contribution is -2.44. The molecule has 0 saturated carbocycles. The number of hydrogen-bond acceptors (Lipinski definition) is 4. The van der Waals surface area contributed by atoms with Crippen molar-refractivity contribution in [2.24, 2.45) is 7.05 Å². The summed E-state index contributed by atoms with van der Waals surface area (Å²) in [7, 11) is 1.89. The summed E-state index contributed by atoms with van der Waals surface area (Å²) < 4.78 is 29.8. The van der Waals surface area contributed by atoms with Crippen LogP contribution in [0.4, 0.5) is 8.78 Å². The maximum atomic E-state index is 14.4. The van der Waals surface area contributed by atoms with E-state index in [0.717, 1.165) is 17.0 Å². The SMILES string of the molecule is Cn1ccnc1C1c2n[nH]c(=O)c3c2C(CC(F)C3)NC1c1ccc(F)cc1. The molecule has 6 nitrogen and oxygen atoms in total. The zero-order valence-corrected chi connectivity index (χ0v) is 15.2. The van der Waals surface area contributed by atoms with Crippen molar-refractivity contribution in [2.45, 2.75) is 37.0 Å². The number of nitrogens with zero attached hydrogens (tertiary/aromatic N) is 3. The van der Waals surface area contributed by atoms with E-state index >= 15 is 0 Å². The lowest BCUT2D eigenvalue weighted by molar-refractivity contribution is 0.230. The van der Waals surface area contributed by atoms with Gasteiger partial charge in [-0.2, -0.15) is 5.10 Å². The fourth-order valence-electron chi connectivity index (χ4n) is 4.55. The van der Waals surface area contributed by atoms with E-state index in [0.29, 0.717) is 11.3 Å². The number of rotatable bonds is 2. The average Bonchev–Trinajstić information content (AvgIpc) is 3.10. The first-order valence-electron chi connectivity index (χ1n) is 9.27. The van der Waals surface area contributed by atoms with Gasteiger partial charge in [-0.05, 0) is 24.1 Å². The van der Waals surface area contributed by atoms with Crippen LogP contribution < -0.4 is 10.9 Å². The Morgan fingerprint density at radius 3 is 2.75 bits per heavy atom. The summed E-state index contributed by atoms with van der Waals surface area (Å²) in [5, 5.41) is 10.4. The van der Waals surface area contributed by atoms with Crippen LogP contribution in [-0.2, 0) is 13.5 Å². The smallest absolute Gasteiger partial charge is 0.267 e. The molecule has 0 bridgehead atoms. The highest BCUT2D eigenvalue weighted by atomic mass is 19.1. The second-order valence-electron chi connectivity index (χ2n) is 7.49. The molecular formula is C20H19F2N5O. The third-order valence-electron chi connectivity index (χ3n) is 5.79. The van der Waals surface area contributed by atoms with Gasteiger partial charge in [-0.3, -0.25) is 4.79 Å². The fourth-order valence-corrected chi connectivity index (χ4v) is 4.55. The Morgan fingerprint density at radius 2 is 2.04 bits per heavy atom. The van der Waals surface area contributed by atoms with Crippen LogP contribution in [0.5, 0.6) is 0 Å². The number of aryl methyl sites for hydroxylation is 1. The molecule has 3 aromatic rings. The second kappa shape index (κ2) is 6.34. The molecule has 144 valence electrons. The van der Waals surface area contributed by atoms with E-state index in [-0.39, 0.29) is 42.2 Å². The maximum Gasteiger partial charge on any atom is 0.267 e. The molecule has 1 aliphatic carbocycles. The zero-order chi connectivity index (χ0) is 19.4. The van der Waals surface area contributed by atoms with Crippen LogP contribution in [0, 0.1) is 5.82 Å². The topological polar surface area (TPSA) is 75.6 Å². The number of H-pyrrole nitrogens is 1. The van der Waals surface area contributed by atoms with Crippen LogP contribution in [0.1, 0.15) is 52.6 Å². The van der Waals surface area contributed by atoms with E-state index in [1.807, 2.05) is 17.8 Å². The van der Waals surface area contributed by atoms with Gasteiger partial charge in [-0.25, -0.2) is 18.9 Å². The molecule has 1 aliphatic heterocycles. The van der Waals surface area contributed by atoms with E-state index in [1.54, 1.807) is 18.3 Å². The molecule has 0 saturated heterocycles. The first kappa shape index (κ1) is 17.2. The van der Waals surface area contributed by atoms with Gasteiger partial charge in [-0.15, -0.1) is 0 Å². The number of nitrogens with one attached hydrogen (secondary N) is 2. The first-order chi connectivity index (χ1) is 13.5. The van der Waals surface area contributed by atoms with Gasteiger partial charge in [-0.1, -0.05) is 12.1 Å². The minimum Gasteiger partial charge on any atom is -0.337 e. The number of aromatic amines is 1. The molecule has 5 rings (SSSR count). The molecule has 4 atom stereocenters. The number of aromatic nitrogens is 4. The number of hydrogen-bond donors (Lipinski definition) is 2. The zero-order valence-electron chi connectivity index (χ0n) is 15.2. The Balaban J connectivity index is 1.74. The van der Waals surface area contributed by atoms with Crippen molar-refractivity contribution in [1.82, 2.24) is 25.1 Å². The predicted octanol–water partition coefficient (Wildman–Crippen LogP) is 2.44. The van der Waals surface area contributed by atoms with Gasteiger partial charge in [0.05, 0.1) is 11.6 Å². The second-order valence-corrected chi connectivity index (χ2v) is 7.49. The summed E-state index contributed by atoms with van der Waals surface area (Å²) in [6, 6.07) is 5.65. The number of benzene rings is 1. The number of imidazole rings is 1. The molecule has 28 heavy (non-hydrogen) atoms. The van der Waals surface area contributed by atoms with Gasteiger partial charge in [0, 0.05) is 49.1 Å². The highest BCUT2D eigenvalue weighted by Gasteiger charge is 2.44. The Morgan fingerprint density at radius 1 is 1.25 bits per heavy atom. The summed E-state index contributed by atoms with van der Waals surface area (Å²) >= 11 is 0. The minimum atomic E-state index is -1.10. The first-order valence-corrected chi connectivity index (χ1v) is 9.27. The molecule has 1 aromatic carbocycles. The number of alkyl halides is 1. The standard InChI is InChI=1S/C20H19F2N5O/c1-27-7-6-23-19(27)16-17(10-2-4-11(21)5-3-10)24-14-9-12(22)8-13-15(14)18(16)25-26-20(13)28/h2-7,12,14,16-17,24H,8-9H2,1H3,(H,26,28). The maximum absolute atomic E-state index is 14.4. The van der Waals surface area contributed by atoms with Gasteiger partial charge in [0.2, 0.25) is 0 Å². The lowest BCUT2D eigenvalue weighted by Gasteiger charge is -2.41. The molecule has 0 amide bonds. The molecule has 2 aromatic heterocycles. The molecule has 8 heteroatoms. The largest absolute Gasteiger partial charge is 0.337 e. The molecule has 0 spiro atoms. The molecule has 0 fully saturated rings. The van der Waals surface area contributed by atoms with Crippen molar-refractivity contribution in [3.8, 4) is 0 Å². The molecule has 2 N–H and O–H groups in total. The quantitative estimate of drug-likeness (QED) is 0.713. The summed E-state index contributed by atoms with van der Waals surface area (Å²) in [4.78, 5) is 16.8. The van der Waals surface area contributed by atoms with E-state index in [9.17, 15) is 13.6 Å². The Kier molecular flexibility index (Phi) is 3.90. The molecule has 2 aliphatic rings. The van der Waals surface area contributed by atoms with Crippen LogP contribution in [0.15, 0.2) is 41.5 Å².